The van der Waals surface area contributed by atoms with Crippen molar-refractivity contribution in [2.75, 3.05) is 0 Å². The lowest BCUT2D eigenvalue weighted by atomic mass is 10.2. The first-order valence-electron chi connectivity index (χ1n) is 3.82. The van der Waals surface area contributed by atoms with Gasteiger partial charge < -0.3 is 0 Å². The third kappa shape index (κ3) is 1.46. The van der Waals surface area contributed by atoms with E-state index in [1.165, 1.54) is 0 Å². The molecule has 0 N–H and O–H groups in total. The number of carbonyl (C=O) groups is 1. The molecule has 0 atom stereocenters. The number of fused-ring (bicyclic) bond motifs is 1. The Balaban J connectivity index is 2.70. The molecule has 0 saturated carbocycles. The van der Waals surface area contributed by atoms with Crippen LogP contribution in [0.4, 0.5) is 0 Å². The Morgan fingerprint density at radius 1 is 1.62 bits per heavy atom. The highest BCUT2D eigenvalue weighted by atomic mass is 127. The molecule has 0 bridgehead atoms. The van der Waals surface area contributed by atoms with Crippen LogP contribution in [0.1, 0.15) is 17.3 Å². The normalized spacial score (nSPS) is 10.6. The number of carbonyl (C=O) groups excluding carboxylic acids is 1. The van der Waals surface area contributed by atoms with E-state index in [9.17, 15) is 4.79 Å². The molecule has 2 aromatic rings. The molecule has 3 nitrogen and oxygen atoms in total. The maximum atomic E-state index is 11.1. The summed E-state index contributed by atoms with van der Waals surface area (Å²) in [6.07, 6.45) is 3.64. The topological polar surface area (TPSA) is 34.4 Å². The quantitative estimate of drug-likeness (QED) is 0.594. The van der Waals surface area contributed by atoms with Gasteiger partial charge in [-0.25, -0.2) is 4.98 Å². The summed E-state index contributed by atoms with van der Waals surface area (Å²) in [6.45, 7) is 1.56. The summed E-state index contributed by atoms with van der Waals surface area (Å²) in [4.78, 5) is 15.2. The Morgan fingerprint density at radius 2 is 2.38 bits per heavy atom. The Labute approximate surface area is 88.9 Å². The molecule has 4 heteroatoms. The third-order valence-corrected chi connectivity index (χ3v) is 2.67. The average Bonchev–Trinajstić information content (AvgIpc) is 2.47. The molecule has 0 spiro atoms. The highest BCUT2D eigenvalue weighted by Gasteiger charge is 2.03. The Morgan fingerprint density at radius 3 is 3.08 bits per heavy atom. The molecule has 0 amide bonds. The summed E-state index contributed by atoms with van der Waals surface area (Å²) >= 11 is 2.20. The fourth-order valence-electron chi connectivity index (χ4n) is 1.17. The molecule has 0 saturated heterocycles. The zero-order valence-electron chi connectivity index (χ0n) is 6.99. The number of imidazole rings is 1. The van der Waals surface area contributed by atoms with E-state index >= 15 is 0 Å². The largest absolute Gasteiger partial charge is 0.295 e. The van der Waals surface area contributed by atoms with Crippen molar-refractivity contribution in [2.45, 2.75) is 6.92 Å². The van der Waals surface area contributed by atoms with Gasteiger partial charge in [0.1, 0.15) is 9.35 Å². The summed E-state index contributed by atoms with van der Waals surface area (Å²) in [5.74, 6) is 0.0699. The fraction of sp³-hybridized carbons (Fsp3) is 0.111. The molecular formula is C9H7IN2O. The van der Waals surface area contributed by atoms with Crippen LogP contribution < -0.4 is 0 Å². The van der Waals surface area contributed by atoms with Crippen molar-refractivity contribution in [2.24, 2.45) is 0 Å². The smallest absolute Gasteiger partial charge is 0.159 e. The first-order chi connectivity index (χ1) is 6.18. The summed E-state index contributed by atoms with van der Waals surface area (Å²) in [5.41, 5.74) is 1.52. The van der Waals surface area contributed by atoms with Crippen LogP contribution in [0.3, 0.4) is 0 Å². The predicted molar refractivity (Wildman–Crippen MR) is 57.9 cm³/mol. The number of hydrogen-bond acceptors (Lipinski definition) is 2. The lowest BCUT2D eigenvalue weighted by molar-refractivity contribution is 0.101. The molecule has 0 aliphatic heterocycles. The summed E-state index contributed by atoms with van der Waals surface area (Å²) in [7, 11) is 0. The van der Waals surface area contributed by atoms with E-state index in [1.807, 2.05) is 10.6 Å². The predicted octanol–water partition coefficient (Wildman–Crippen LogP) is 2.14. The van der Waals surface area contributed by atoms with Gasteiger partial charge in [0.2, 0.25) is 0 Å². The van der Waals surface area contributed by atoms with Crippen LogP contribution in [0.25, 0.3) is 5.65 Å². The van der Waals surface area contributed by atoms with Crippen LogP contribution in [-0.4, -0.2) is 15.2 Å². The highest BCUT2D eigenvalue weighted by Crippen LogP contribution is 2.11. The molecule has 0 aromatic carbocycles. The van der Waals surface area contributed by atoms with Crippen molar-refractivity contribution in [3.8, 4) is 0 Å². The van der Waals surface area contributed by atoms with Gasteiger partial charge in [0.15, 0.2) is 5.78 Å². The van der Waals surface area contributed by atoms with E-state index in [-0.39, 0.29) is 5.78 Å². The molecule has 2 heterocycles. The first-order valence-corrected chi connectivity index (χ1v) is 4.90. The SMILES string of the molecule is CC(=O)c1ccn2c(I)cnc2c1. The second kappa shape index (κ2) is 3.10. The zero-order chi connectivity index (χ0) is 9.42. The van der Waals surface area contributed by atoms with Gasteiger partial charge in [-0.1, -0.05) is 0 Å². The Kier molecular flexibility index (Phi) is 2.07. The number of hydrogen-bond donors (Lipinski definition) is 0. The minimum Gasteiger partial charge on any atom is -0.295 e. The van der Waals surface area contributed by atoms with E-state index in [4.69, 9.17) is 0 Å². The number of nitrogens with zero attached hydrogens (tertiary/aromatic N) is 2. The molecular weight excluding hydrogens is 279 g/mol. The van der Waals surface area contributed by atoms with Crippen molar-refractivity contribution in [3.05, 3.63) is 33.8 Å². The van der Waals surface area contributed by atoms with Gasteiger partial charge in [0, 0.05) is 11.8 Å². The maximum Gasteiger partial charge on any atom is 0.159 e. The average molecular weight is 286 g/mol. The highest BCUT2D eigenvalue weighted by molar-refractivity contribution is 14.1. The van der Waals surface area contributed by atoms with Crippen molar-refractivity contribution < 1.29 is 4.79 Å². The van der Waals surface area contributed by atoms with E-state index in [2.05, 4.69) is 27.6 Å². The van der Waals surface area contributed by atoms with Crippen LogP contribution in [0, 0.1) is 3.70 Å². The van der Waals surface area contributed by atoms with Crippen LogP contribution >= 0.6 is 22.6 Å². The minimum atomic E-state index is 0.0699. The molecule has 0 fully saturated rings. The Hall–Kier alpha value is -0.910. The zero-order valence-corrected chi connectivity index (χ0v) is 9.15. The lowest BCUT2D eigenvalue weighted by Crippen LogP contribution is -1.94. The van der Waals surface area contributed by atoms with Crippen molar-refractivity contribution in [1.29, 1.82) is 0 Å². The fourth-order valence-corrected chi connectivity index (χ4v) is 1.72. The van der Waals surface area contributed by atoms with Crippen molar-refractivity contribution >= 4 is 34.0 Å². The molecule has 66 valence electrons. The van der Waals surface area contributed by atoms with Crippen LogP contribution in [0.5, 0.6) is 0 Å². The van der Waals surface area contributed by atoms with Gasteiger partial charge in [0.05, 0.1) is 6.20 Å². The van der Waals surface area contributed by atoms with Gasteiger partial charge in [-0.2, -0.15) is 0 Å². The van der Waals surface area contributed by atoms with Gasteiger partial charge in [-0.05, 0) is 41.6 Å². The number of ketones is 1. The summed E-state index contributed by atoms with van der Waals surface area (Å²) < 4.78 is 2.98. The minimum absolute atomic E-state index is 0.0699. The number of pyridine rings is 1. The molecule has 13 heavy (non-hydrogen) atoms. The van der Waals surface area contributed by atoms with Gasteiger partial charge in [0.25, 0.3) is 0 Å². The van der Waals surface area contributed by atoms with Crippen LogP contribution in [-0.2, 0) is 0 Å². The van der Waals surface area contributed by atoms with Gasteiger partial charge >= 0.3 is 0 Å². The molecule has 0 aliphatic carbocycles. The number of Topliss-reactive ketones (excluding diaryl/α,β-unsaturated/α-hetero) is 1. The molecule has 2 rings (SSSR count). The second-order valence-electron chi connectivity index (χ2n) is 2.78. The van der Waals surface area contributed by atoms with Crippen molar-refractivity contribution in [1.82, 2.24) is 9.38 Å². The summed E-state index contributed by atoms with van der Waals surface area (Å²) in [6, 6.07) is 3.60. The van der Waals surface area contributed by atoms with Crippen molar-refractivity contribution in [3.63, 3.8) is 0 Å². The van der Waals surface area contributed by atoms with Crippen LogP contribution in [0.2, 0.25) is 0 Å². The summed E-state index contributed by atoms with van der Waals surface area (Å²) in [5, 5.41) is 0. The van der Waals surface area contributed by atoms with E-state index in [0.29, 0.717) is 5.56 Å². The number of rotatable bonds is 1. The van der Waals surface area contributed by atoms with Gasteiger partial charge in [-0.3, -0.25) is 9.20 Å². The lowest BCUT2D eigenvalue weighted by Gasteiger charge is -1.97. The Bertz CT molecular complexity index is 475. The third-order valence-electron chi connectivity index (χ3n) is 1.87. The van der Waals surface area contributed by atoms with E-state index in [0.717, 1.165) is 9.35 Å². The van der Waals surface area contributed by atoms with Crippen LogP contribution in [0.15, 0.2) is 24.5 Å². The standard InChI is InChI=1S/C9H7IN2O/c1-6(13)7-2-3-12-8(10)5-11-9(12)4-7/h2-5H,1H3. The number of halogens is 1. The second-order valence-corrected chi connectivity index (χ2v) is 3.89. The maximum absolute atomic E-state index is 11.1. The molecule has 0 radical (unpaired) electrons. The first kappa shape index (κ1) is 8.68. The molecule has 0 unspecified atom stereocenters. The van der Waals surface area contributed by atoms with E-state index in [1.54, 1.807) is 25.3 Å². The number of aromatic nitrogens is 2. The molecule has 2 aromatic heterocycles. The van der Waals surface area contributed by atoms with Gasteiger partial charge in [-0.15, -0.1) is 0 Å². The molecule has 0 aliphatic rings. The van der Waals surface area contributed by atoms with E-state index < -0.39 is 0 Å². The monoisotopic (exact) mass is 286 g/mol.